The molecule has 8 heteroatoms. The van der Waals surface area contributed by atoms with Gasteiger partial charge in [-0.1, -0.05) is 0 Å². The van der Waals surface area contributed by atoms with Crippen LogP contribution in [-0.4, -0.2) is 76.5 Å². The number of nitrogens with zero attached hydrogens (tertiary/aromatic N) is 2. The molecule has 0 spiro atoms. The third-order valence-corrected chi connectivity index (χ3v) is 4.84. The highest BCUT2D eigenvalue weighted by Gasteiger charge is 2.37. The maximum atomic E-state index is 12.5. The smallest absolute Gasteiger partial charge is 0.320 e. The second-order valence-electron chi connectivity index (χ2n) is 5.01. The standard InChI is InChI=1S/C12H19N3O4S/c1-14(8-2-5-20-7-8)12(19)15-4-3-13-11(18)9(15)6-10(16)17/h8-9H,2-7H2,1H3,(H,13,18)(H,16,17). The topological polar surface area (TPSA) is 90.0 Å². The van der Waals surface area contributed by atoms with E-state index in [4.69, 9.17) is 5.11 Å². The number of carboxylic acids is 1. The molecule has 2 N–H and O–H groups in total. The van der Waals surface area contributed by atoms with Crippen LogP contribution in [0.4, 0.5) is 4.79 Å². The normalized spacial score (nSPS) is 26.2. The number of carboxylic acid groups (broad SMARTS) is 1. The second-order valence-corrected chi connectivity index (χ2v) is 6.16. The van der Waals surface area contributed by atoms with Gasteiger partial charge in [0, 0.05) is 31.9 Å². The number of amides is 3. The van der Waals surface area contributed by atoms with Gasteiger partial charge in [0.1, 0.15) is 6.04 Å². The zero-order chi connectivity index (χ0) is 14.7. The van der Waals surface area contributed by atoms with E-state index in [0.717, 1.165) is 17.9 Å². The average molecular weight is 301 g/mol. The van der Waals surface area contributed by atoms with Crippen LogP contribution < -0.4 is 5.32 Å². The number of piperazine rings is 1. The lowest BCUT2D eigenvalue weighted by Gasteiger charge is -2.38. The van der Waals surface area contributed by atoms with E-state index < -0.39 is 12.0 Å². The molecule has 0 aromatic rings. The number of urea groups is 1. The molecule has 2 heterocycles. The first kappa shape index (κ1) is 15.0. The first-order chi connectivity index (χ1) is 9.50. The number of hydrogen-bond donors (Lipinski definition) is 2. The Balaban J connectivity index is 2.08. The van der Waals surface area contributed by atoms with Gasteiger partial charge in [0.05, 0.1) is 6.42 Å². The van der Waals surface area contributed by atoms with Crippen LogP contribution in [-0.2, 0) is 9.59 Å². The molecule has 3 amide bonds. The van der Waals surface area contributed by atoms with Crippen LogP contribution >= 0.6 is 11.8 Å². The van der Waals surface area contributed by atoms with Gasteiger partial charge in [0.15, 0.2) is 0 Å². The Morgan fingerprint density at radius 1 is 1.55 bits per heavy atom. The minimum absolute atomic E-state index is 0.169. The third-order valence-electron chi connectivity index (χ3n) is 3.70. The number of hydrogen-bond acceptors (Lipinski definition) is 4. The van der Waals surface area contributed by atoms with E-state index in [9.17, 15) is 14.4 Å². The van der Waals surface area contributed by atoms with Crippen LogP contribution in [0.15, 0.2) is 0 Å². The lowest BCUT2D eigenvalue weighted by atomic mass is 10.1. The number of carbonyl (C=O) groups is 3. The molecule has 2 saturated heterocycles. The van der Waals surface area contributed by atoms with Crippen molar-refractivity contribution in [2.24, 2.45) is 0 Å². The van der Waals surface area contributed by atoms with Crippen molar-refractivity contribution in [1.82, 2.24) is 15.1 Å². The molecule has 2 atom stereocenters. The molecular formula is C12H19N3O4S. The van der Waals surface area contributed by atoms with Crippen LogP contribution in [0.3, 0.4) is 0 Å². The fourth-order valence-electron chi connectivity index (χ4n) is 2.50. The quantitative estimate of drug-likeness (QED) is 0.754. The van der Waals surface area contributed by atoms with Crippen molar-refractivity contribution in [2.75, 3.05) is 31.6 Å². The molecule has 112 valence electrons. The summed E-state index contributed by atoms with van der Waals surface area (Å²) < 4.78 is 0. The van der Waals surface area contributed by atoms with Crippen molar-refractivity contribution < 1.29 is 19.5 Å². The zero-order valence-corrected chi connectivity index (χ0v) is 12.2. The molecule has 2 rings (SSSR count). The molecule has 0 radical (unpaired) electrons. The van der Waals surface area contributed by atoms with E-state index in [2.05, 4.69) is 5.32 Å². The molecule has 0 aromatic carbocycles. The highest BCUT2D eigenvalue weighted by atomic mass is 32.2. The van der Waals surface area contributed by atoms with E-state index in [0.29, 0.717) is 13.1 Å². The number of carbonyl (C=O) groups excluding carboxylic acids is 2. The molecule has 2 aliphatic heterocycles. The summed E-state index contributed by atoms with van der Waals surface area (Å²) in [6.45, 7) is 0.723. The maximum absolute atomic E-state index is 12.5. The van der Waals surface area contributed by atoms with Gasteiger partial charge in [-0.2, -0.15) is 11.8 Å². The summed E-state index contributed by atoms with van der Waals surface area (Å²) in [5.74, 6) is 0.456. The number of nitrogens with one attached hydrogen (secondary N) is 1. The van der Waals surface area contributed by atoms with Crippen LogP contribution in [0.2, 0.25) is 0 Å². The van der Waals surface area contributed by atoms with E-state index in [1.165, 1.54) is 4.90 Å². The molecule has 0 aromatic heterocycles. The summed E-state index contributed by atoms with van der Waals surface area (Å²) in [5, 5.41) is 11.5. The van der Waals surface area contributed by atoms with Gasteiger partial charge in [-0.3, -0.25) is 9.59 Å². The fourth-order valence-corrected chi connectivity index (χ4v) is 3.77. The first-order valence-electron chi connectivity index (χ1n) is 6.61. The molecule has 20 heavy (non-hydrogen) atoms. The summed E-state index contributed by atoms with van der Waals surface area (Å²) in [5.41, 5.74) is 0. The summed E-state index contributed by atoms with van der Waals surface area (Å²) in [4.78, 5) is 38.2. The van der Waals surface area contributed by atoms with Crippen molar-refractivity contribution in [3.63, 3.8) is 0 Å². The predicted molar refractivity (Wildman–Crippen MR) is 74.6 cm³/mol. The molecule has 0 aliphatic carbocycles. The zero-order valence-electron chi connectivity index (χ0n) is 11.4. The summed E-state index contributed by atoms with van der Waals surface area (Å²) in [7, 11) is 1.73. The Labute approximate surface area is 121 Å². The van der Waals surface area contributed by atoms with E-state index >= 15 is 0 Å². The lowest BCUT2D eigenvalue weighted by Crippen LogP contribution is -2.61. The van der Waals surface area contributed by atoms with Gasteiger partial charge >= 0.3 is 12.0 Å². The molecule has 2 unspecified atom stereocenters. The summed E-state index contributed by atoms with van der Waals surface area (Å²) >= 11 is 1.80. The fraction of sp³-hybridized carbons (Fsp3) is 0.750. The summed E-state index contributed by atoms with van der Waals surface area (Å²) in [6.07, 6.45) is 0.585. The molecule has 0 saturated carbocycles. The number of aliphatic carboxylic acids is 1. The van der Waals surface area contributed by atoms with Crippen LogP contribution in [0.1, 0.15) is 12.8 Å². The molecule has 2 aliphatic rings. The van der Waals surface area contributed by atoms with Gasteiger partial charge in [-0.15, -0.1) is 0 Å². The van der Waals surface area contributed by atoms with Crippen molar-refractivity contribution >= 4 is 29.7 Å². The third kappa shape index (κ3) is 3.17. The van der Waals surface area contributed by atoms with Gasteiger partial charge in [-0.25, -0.2) is 4.79 Å². The van der Waals surface area contributed by atoms with Crippen molar-refractivity contribution in [1.29, 1.82) is 0 Å². The monoisotopic (exact) mass is 301 g/mol. The first-order valence-corrected chi connectivity index (χ1v) is 7.77. The van der Waals surface area contributed by atoms with Gasteiger partial charge in [-0.05, 0) is 12.2 Å². The van der Waals surface area contributed by atoms with E-state index in [1.807, 2.05) is 0 Å². The molecule has 0 bridgehead atoms. The van der Waals surface area contributed by atoms with Gasteiger partial charge in [0.25, 0.3) is 0 Å². The second kappa shape index (κ2) is 6.34. The Kier molecular flexibility index (Phi) is 4.74. The number of rotatable bonds is 3. The van der Waals surface area contributed by atoms with Crippen molar-refractivity contribution in [3.05, 3.63) is 0 Å². The van der Waals surface area contributed by atoms with Crippen LogP contribution in [0.5, 0.6) is 0 Å². The highest BCUT2D eigenvalue weighted by Crippen LogP contribution is 2.23. The minimum Gasteiger partial charge on any atom is -0.481 e. The Morgan fingerprint density at radius 3 is 2.90 bits per heavy atom. The van der Waals surface area contributed by atoms with E-state index in [-0.39, 0.29) is 24.4 Å². The number of thioether (sulfide) groups is 1. The van der Waals surface area contributed by atoms with E-state index in [1.54, 1.807) is 23.7 Å². The predicted octanol–water partition coefficient (Wildman–Crippen LogP) is -0.181. The highest BCUT2D eigenvalue weighted by molar-refractivity contribution is 7.99. The SMILES string of the molecule is CN(C(=O)N1CCNC(=O)C1CC(=O)O)C1CCSC1. The van der Waals surface area contributed by atoms with Crippen LogP contribution in [0, 0.1) is 0 Å². The Morgan fingerprint density at radius 2 is 2.30 bits per heavy atom. The summed E-state index contributed by atoms with van der Waals surface area (Å²) in [6, 6.07) is -0.994. The largest absolute Gasteiger partial charge is 0.481 e. The minimum atomic E-state index is -1.08. The van der Waals surface area contributed by atoms with Gasteiger partial charge < -0.3 is 20.2 Å². The maximum Gasteiger partial charge on any atom is 0.320 e. The Bertz CT molecular complexity index is 412. The van der Waals surface area contributed by atoms with Crippen molar-refractivity contribution in [2.45, 2.75) is 24.9 Å². The van der Waals surface area contributed by atoms with Gasteiger partial charge in [0.2, 0.25) is 5.91 Å². The molecule has 2 fully saturated rings. The molecular weight excluding hydrogens is 282 g/mol. The average Bonchev–Trinajstić information content (AvgIpc) is 2.93. The Hall–Kier alpha value is -1.44. The van der Waals surface area contributed by atoms with Crippen LogP contribution in [0.25, 0.3) is 0 Å². The van der Waals surface area contributed by atoms with Crippen molar-refractivity contribution in [3.8, 4) is 0 Å². The molecule has 7 nitrogen and oxygen atoms in total. The lowest BCUT2D eigenvalue weighted by molar-refractivity contribution is -0.142.